The molecule has 62 valence electrons. The van der Waals surface area contributed by atoms with Gasteiger partial charge in [-0.1, -0.05) is 6.08 Å². The van der Waals surface area contributed by atoms with Crippen LogP contribution in [0.25, 0.3) is 5.57 Å². The van der Waals surface area contributed by atoms with E-state index in [2.05, 4.69) is 15.9 Å². The highest BCUT2D eigenvalue weighted by molar-refractivity contribution is 9.10. The summed E-state index contributed by atoms with van der Waals surface area (Å²) in [6.45, 7) is 0. The Hall–Kier alpha value is -0.830. The Morgan fingerprint density at radius 2 is 2.33 bits per heavy atom. The number of furan rings is 1. The number of halogens is 1. The van der Waals surface area contributed by atoms with Crippen LogP contribution in [0.3, 0.4) is 0 Å². The van der Waals surface area contributed by atoms with Gasteiger partial charge in [-0.3, -0.25) is 4.79 Å². The zero-order valence-electron chi connectivity index (χ0n) is 6.34. The average Bonchev–Trinajstić information content (AvgIpc) is 2.59. The molecule has 1 heterocycles. The number of allylic oxidation sites excluding steroid dienone is 2. The van der Waals surface area contributed by atoms with Crippen LogP contribution in [0.5, 0.6) is 0 Å². The lowest BCUT2D eigenvalue weighted by Gasteiger charge is -1.95. The molecular formula is C9H7BrO2. The highest BCUT2D eigenvalue weighted by atomic mass is 79.9. The first-order valence-corrected chi connectivity index (χ1v) is 4.55. The predicted molar refractivity (Wildman–Crippen MR) is 48.6 cm³/mol. The molecule has 0 amide bonds. The van der Waals surface area contributed by atoms with Gasteiger partial charge < -0.3 is 4.42 Å². The molecule has 0 spiro atoms. The van der Waals surface area contributed by atoms with Crippen LogP contribution in [-0.4, -0.2) is 5.78 Å². The summed E-state index contributed by atoms with van der Waals surface area (Å²) in [6, 6.07) is 1.79. The number of carbonyl (C=O) groups excluding carboxylic acids is 1. The molecule has 2 nitrogen and oxygen atoms in total. The zero-order chi connectivity index (χ0) is 8.55. The van der Waals surface area contributed by atoms with Gasteiger partial charge in [0.25, 0.3) is 0 Å². The summed E-state index contributed by atoms with van der Waals surface area (Å²) in [5, 5.41) is 0. The Labute approximate surface area is 78.4 Å². The standard InChI is InChI=1S/C9H7BrO2/c10-7-4-5-12-9(7)6-2-1-3-8(6)11/h2,4-5H,1,3H2. The summed E-state index contributed by atoms with van der Waals surface area (Å²) in [7, 11) is 0. The molecule has 0 saturated heterocycles. The van der Waals surface area contributed by atoms with E-state index in [-0.39, 0.29) is 5.78 Å². The quantitative estimate of drug-likeness (QED) is 0.738. The molecule has 0 unspecified atom stereocenters. The number of hydrogen-bond donors (Lipinski definition) is 0. The molecule has 1 aliphatic carbocycles. The third-order valence-corrected chi connectivity index (χ3v) is 2.51. The lowest BCUT2D eigenvalue weighted by molar-refractivity contribution is -0.113. The normalized spacial score (nSPS) is 16.8. The second kappa shape index (κ2) is 2.90. The topological polar surface area (TPSA) is 30.2 Å². The van der Waals surface area contributed by atoms with Crippen molar-refractivity contribution >= 4 is 27.3 Å². The van der Waals surface area contributed by atoms with E-state index < -0.39 is 0 Å². The van der Waals surface area contributed by atoms with Gasteiger partial charge in [0.05, 0.1) is 16.3 Å². The summed E-state index contributed by atoms with van der Waals surface area (Å²) < 4.78 is 6.03. The highest BCUT2D eigenvalue weighted by Crippen LogP contribution is 2.30. The Balaban J connectivity index is 2.43. The van der Waals surface area contributed by atoms with Crippen LogP contribution in [0.4, 0.5) is 0 Å². The van der Waals surface area contributed by atoms with Crippen molar-refractivity contribution in [3.8, 4) is 0 Å². The third kappa shape index (κ3) is 1.14. The third-order valence-electron chi connectivity index (χ3n) is 1.88. The molecule has 1 aromatic heterocycles. The molecule has 0 atom stereocenters. The molecule has 2 rings (SSSR count). The fourth-order valence-corrected chi connectivity index (χ4v) is 1.72. The average molecular weight is 227 g/mol. The van der Waals surface area contributed by atoms with Crippen LogP contribution in [-0.2, 0) is 4.79 Å². The van der Waals surface area contributed by atoms with Crippen LogP contribution in [0.2, 0.25) is 0 Å². The molecule has 3 heteroatoms. The van der Waals surface area contributed by atoms with Gasteiger partial charge in [0, 0.05) is 6.42 Å². The molecule has 0 fully saturated rings. The molecule has 0 aromatic carbocycles. The van der Waals surface area contributed by atoms with E-state index in [1.54, 1.807) is 12.3 Å². The Morgan fingerprint density at radius 3 is 2.83 bits per heavy atom. The predicted octanol–water partition coefficient (Wildman–Crippen LogP) is 2.79. The minimum Gasteiger partial charge on any atom is -0.463 e. The number of Topliss-reactive ketones (excluding diaryl/α,β-unsaturated/α-hetero) is 1. The van der Waals surface area contributed by atoms with Crippen molar-refractivity contribution in [1.82, 2.24) is 0 Å². The maximum absolute atomic E-state index is 11.3. The Morgan fingerprint density at radius 1 is 1.50 bits per heavy atom. The molecular weight excluding hydrogens is 220 g/mol. The molecule has 0 N–H and O–H groups in total. The summed E-state index contributed by atoms with van der Waals surface area (Å²) >= 11 is 3.32. The van der Waals surface area contributed by atoms with Gasteiger partial charge in [-0.25, -0.2) is 0 Å². The van der Waals surface area contributed by atoms with E-state index in [1.165, 1.54) is 0 Å². The monoisotopic (exact) mass is 226 g/mol. The van der Waals surface area contributed by atoms with E-state index in [4.69, 9.17) is 4.42 Å². The summed E-state index contributed by atoms with van der Waals surface area (Å²) in [4.78, 5) is 11.3. The molecule has 0 saturated carbocycles. The van der Waals surface area contributed by atoms with Crippen molar-refractivity contribution in [1.29, 1.82) is 0 Å². The molecule has 0 radical (unpaired) electrons. The van der Waals surface area contributed by atoms with Crippen molar-refractivity contribution in [2.45, 2.75) is 12.8 Å². The number of hydrogen-bond acceptors (Lipinski definition) is 2. The van der Waals surface area contributed by atoms with Gasteiger partial charge in [0.15, 0.2) is 11.5 Å². The highest BCUT2D eigenvalue weighted by Gasteiger charge is 2.20. The van der Waals surface area contributed by atoms with Crippen molar-refractivity contribution in [3.63, 3.8) is 0 Å². The van der Waals surface area contributed by atoms with Gasteiger partial charge in [-0.15, -0.1) is 0 Å². The van der Waals surface area contributed by atoms with Crippen molar-refractivity contribution in [3.05, 3.63) is 28.6 Å². The van der Waals surface area contributed by atoms with Crippen LogP contribution < -0.4 is 0 Å². The van der Waals surface area contributed by atoms with E-state index in [9.17, 15) is 4.79 Å². The summed E-state index contributed by atoms with van der Waals surface area (Å²) in [5.74, 6) is 0.836. The van der Waals surface area contributed by atoms with Crippen molar-refractivity contribution < 1.29 is 9.21 Å². The van der Waals surface area contributed by atoms with Crippen LogP contribution in [0.1, 0.15) is 18.6 Å². The van der Waals surface area contributed by atoms with E-state index >= 15 is 0 Å². The maximum Gasteiger partial charge on any atom is 0.166 e. The molecule has 1 aliphatic rings. The van der Waals surface area contributed by atoms with E-state index in [1.807, 2.05) is 6.08 Å². The Kier molecular flexibility index (Phi) is 1.89. The first-order chi connectivity index (χ1) is 5.79. The number of rotatable bonds is 1. The number of ketones is 1. The first kappa shape index (κ1) is 7.80. The first-order valence-electron chi connectivity index (χ1n) is 3.76. The van der Waals surface area contributed by atoms with Gasteiger partial charge in [-0.2, -0.15) is 0 Å². The lowest BCUT2D eigenvalue weighted by Crippen LogP contribution is -1.93. The van der Waals surface area contributed by atoms with Gasteiger partial charge in [0.2, 0.25) is 0 Å². The van der Waals surface area contributed by atoms with E-state index in [0.29, 0.717) is 17.8 Å². The summed E-state index contributed by atoms with van der Waals surface area (Å²) in [6.07, 6.45) is 4.95. The molecule has 0 bridgehead atoms. The van der Waals surface area contributed by atoms with Crippen molar-refractivity contribution in [2.24, 2.45) is 0 Å². The minimum absolute atomic E-state index is 0.172. The fourth-order valence-electron chi connectivity index (χ4n) is 1.30. The van der Waals surface area contributed by atoms with Crippen molar-refractivity contribution in [2.75, 3.05) is 0 Å². The van der Waals surface area contributed by atoms with E-state index in [0.717, 1.165) is 10.9 Å². The van der Waals surface area contributed by atoms with Crippen LogP contribution in [0.15, 0.2) is 27.3 Å². The van der Waals surface area contributed by atoms with Gasteiger partial charge in [-0.05, 0) is 28.4 Å². The second-order valence-corrected chi connectivity index (χ2v) is 3.53. The largest absolute Gasteiger partial charge is 0.463 e. The summed E-state index contributed by atoms with van der Waals surface area (Å²) in [5.41, 5.74) is 0.715. The fraction of sp³-hybridized carbons (Fsp3) is 0.222. The maximum atomic E-state index is 11.3. The lowest BCUT2D eigenvalue weighted by atomic mass is 10.2. The van der Waals surface area contributed by atoms with Gasteiger partial charge >= 0.3 is 0 Å². The molecule has 1 aromatic rings. The second-order valence-electron chi connectivity index (χ2n) is 2.68. The smallest absolute Gasteiger partial charge is 0.166 e. The molecule has 0 aliphatic heterocycles. The SMILES string of the molecule is O=C1CCC=C1c1occc1Br. The molecule has 12 heavy (non-hydrogen) atoms. The van der Waals surface area contributed by atoms with Gasteiger partial charge in [0.1, 0.15) is 0 Å². The zero-order valence-corrected chi connectivity index (χ0v) is 7.93. The van der Waals surface area contributed by atoms with Crippen LogP contribution >= 0.6 is 15.9 Å². The van der Waals surface area contributed by atoms with Crippen LogP contribution in [0, 0.1) is 0 Å². The number of carbonyl (C=O) groups is 1. The minimum atomic E-state index is 0.172. The Bertz CT molecular complexity index is 349.